The quantitative estimate of drug-likeness (QED) is 0.719. The second-order valence-electron chi connectivity index (χ2n) is 4.19. The summed E-state index contributed by atoms with van der Waals surface area (Å²) in [6, 6.07) is 5.25. The van der Waals surface area contributed by atoms with Gasteiger partial charge < -0.3 is 20.1 Å². The van der Waals surface area contributed by atoms with Crippen molar-refractivity contribution in [1.29, 1.82) is 0 Å². The Hall–Kier alpha value is -1.10. The van der Waals surface area contributed by atoms with Crippen molar-refractivity contribution in [2.75, 3.05) is 0 Å². The number of benzene rings is 1. The van der Waals surface area contributed by atoms with Crippen LogP contribution in [-0.4, -0.2) is 27.5 Å². The highest BCUT2D eigenvalue weighted by molar-refractivity contribution is 5.42. The molecule has 16 heavy (non-hydrogen) atoms. The fourth-order valence-electron chi connectivity index (χ4n) is 1.94. The van der Waals surface area contributed by atoms with Crippen LogP contribution in [0.2, 0.25) is 0 Å². The van der Waals surface area contributed by atoms with Gasteiger partial charge in [0.05, 0.1) is 24.9 Å². The minimum absolute atomic E-state index is 0.228. The number of hydrogen-bond acceptors (Lipinski definition) is 4. The molecule has 3 atom stereocenters. The van der Waals surface area contributed by atoms with Gasteiger partial charge in [-0.3, -0.25) is 0 Å². The topological polar surface area (TPSA) is 69.9 Å². The Morgan fingerprint density at radius 3 is 2.88 bits per heavy atom. The lowest BCUT2D eigenvalue weighted by atomic mass is 9.99. The molecule has 0 saturated heterocycles. The summed E-state index contributed by atoms with van der Waals surface area (Å²) < 4.78 is 5.49. The smallest absolute Gasteiger partial charge is 0.121 e. The summed E-state index contributed by atoms with van der Waals surface area (Å²) in [6.07, 6.45) is -1.48. The van der Waals surface area contributed by atoms with Crippen LogP contribution >= 0.6 is 0 Å². The molecular weight excluding hydrogens is 208 g/mol. The van der Waals surface area contributed by atoms with E-state index < -0.39 is 12.2 Å². The Balaban J connectivity index is 2.15. The molecule has 1 aliphatic heterocycles. The van der Waals surface area contributed by atoms with Gasteiger partial charge in [0.15, 0.2) is 0 Å². The van der Waals surface area contributed by atoms with Crippen LogP contribution in [0.5, 0.6) is 5.75 Å². The molecule has 4 nitrogen and oxygen atoms in total. The number of aromatic hydroxyl groups is 1. The van der Waals surface area contributed by atoms with Crippen LogP contribution in [0.25, 0.3) is 0 Å². The summed E-state index contributed by atoms with van der Waals surface area (Å²) in [4.78, 5) is 0. The van der Waals surface area contributed by atoms with Crippen LogP contribution in [0.3, 0.4) is 0 Å². The van der Waals surface area contributed by atoms with E-state index in [0.717, 1.165) is 11.1 Å². The molecule has 1 heterocycles. The minimum atomic E-state index is -0.807. The average Bonchev–Trinajstić information content (AvgIpc) is 2.63. The van der Waals surface area contributed by atoms with Crippen LogP contribution < -0.4 is 0 Å². The van der Waals surface area contributed by atoms with E-state index in [2.05, 4.69) is 0 Å². The van der Waals surface area contributed by atoms with Gasteiger partial charge in [-0.2, -0.15) is 0 Å². The molecule has 0 aromatic heterocycles. The van der Waals surface area contributed by atoms with Crippen LogP contribution in [0, 0.1) is 0 Å². The molecule has 0 spiro atoms. The van der Waals surface area contributed by atoms with Crippen molar-refractivity contribution in [2.45, 2.75) is 38.3 Å². The van der Waals surface area contributed by atoms with Gasteiger partial charge in [0, 0.05) is 12.0 Å². The fourth-order valence-corrected chi connectivity index (χ4v) is 1.94. The Bertz CT molecular complexity index is 375. The lowest BCUT2D eigenvalue weighted by Crippen LogP contribution is -2.24. The molecule has 0 aliphatic carbocycles. The SMILES string of the molecule is C[C@H](O)[C@H](O)C[C@@H]1OCc2c(O)cccc21. The van der Waals surface area contributed by atoms with Gasteiger partial charge in [0.2, 0.25) is 0 Å². The molecule has 2 rings (SSSR count). The molecule has 0 saturated carbocycles. The lowest BCUT2D eigenvalue weighted by Gasteiger charge is -2.18. The van der Waals surface area contributed by atoms with Crippen molar-refractivity contribution in [2.24, 2.45) is 0 Å². The first kappa shape index (κ1) is 11.4. The number of fused-ring (bicyclic) bond motifs is 1. The summed E-state index contributed by atoms with van der Waals surface area (Å²) in [6.45, 7) is 1.90. The fraction of sp³-hybridized carbons (Fsp3) is 0.500. The Kier molecular flexibility index (Phi) is 3.14. The number of ether oxygens (including phenoxy) is 1. The van der Waals surface area contributed by atoms with E-state index in [1.54, 1.807) is 19.1 Å². The molecule has 1 aromatic carbocycles. The molecule has 1 aliphatic rings. The number of hydrogen-bond donors (Lipinski definition) is 3. The van der Waals surface area contributed by atoms with Gasteiger partial charge in [0.25, 0.3) is 0 Å². The lowest BCUT2D eigenvalue weighted by molar-refractivity contribution is -0.0241. The second kappa shape index (κ2) is 4.41. The molecule has 0 radical (unpaired) electrons. The molecular formula is C12H16O4. The first-order valence-electron chi connectivity index (χ1n) is 5.38. The van der Waals surface area contributed by atoms with Gasteiger partial charge in [-0.05, 0) is 18.6 Å². The molecule has 88 valence electrons. The van der Waals surface area contributed by atoms with E-state index in [-0.39, 0.29) is 11.9 Å². The Morgan fingerprint density at radius 2 is 2.19 bits per heavy atom. The minimum Gasteiger partial charge on any atom is -0.508 e. The number of rotatable bonds is 3. The predicted octanol–water partition coefficient (Wildman–Crippen LogP) is 1.10. The van der Waals surface area contributed by atoms with E-state index >= 15 is 0 Å². The zero-order chi connectivity index (χ0) is 11.7. The summed E-state index contributed by atoms with van der Waals surface area (Å²) in [5.41, 5.74) is 1.69. The zero-order valence-corrected chi connectivity index (χ0v) is 9.13. The maximum atomic E-state index is 9.60. The van der Waals surface area contributed by atoms with Crippen molar-refractivity contribution in [3.05, 3.63) is 29.3 Å². The van der Waals surface area contributed by atoms with Crippen LogP contribution in [0.4, 0.5) is 0 Å². The van der Waals surface area contributed by atoms with E-state index in [4.69, 9.17) is 4.74 Å². The van der Waals surface area contributed by atoms with Crippen molar-refractivity contribution in [3.8, 4) is 5.75 Å². The second-order valence-corrected chi connectivity index (χ2v) is 4.19. The van der Waals surface area contributed by atoms with E-state index in [1.807, 2.05) is 6.07 Å². The first-order valence-corrected chi connectivity index (χ1v) is 5.38. The highest BCUT2D eigenvalue weighted by Crippen LogP contribution is 2.38. The summed E-state index contributed by atoms with van der Waals surface area (Å²) in [5.74, 6) is 0.228. The predicted molar refractivity (Wildman–Crippen MR) is 57.9 cm³/mol. The highest BCUT2D eigenvalue weighted by Gasteiger charge is 2.28. The number of phenols is 1. The highest BCUT2D eigenvalue weighted by atomic mass is 16.5. The van der Waals surface area contributed by atoms with Crippen molar-refractivity contribution >= 4 is 0 Å². The largest absolute Gasteiger partial charge is 0.508 e. The number of phenolic OH excluding ortho intramolecular Hbond substituents is 1. The van der Waals surface area contributed by atoms with Crippen LogP contribution in [-0.2, 0) is 11.3 Å². The van der Waals surface area contributed by atoms with Gasteiger partial charge >= 0.3 is 0 Å². The monoisotopic (exact) mass is 224 g/mol. The summed E-state index contributed by atoms with van der Waals surface area (Å²) in [5, 5.41) is 28.4. The van der Waals surface area contributed by atoms with Gasteiger partial charge in [-0.1, -0.05) is 12.1 Å². The summed E-state index contributed by atoms with van der Waals surface area (Å²) >= 11 is 0. The number of aliphatic hydroxyl groups excluding tert-OH is 2. The maximum Gasteiger partial charge on any atom is 0.121 e. The molecule has 1 aromatic rings. The van der Waals surface area contributed by atoms with Gasteiger partial charge in [0.1, 0.15) is 5.75 Å². The third-order valence-corrected chi connectivity index (χ3v) is 2.98. The van der Waals surface area contributed by atoms with Crippen molar-refractivity contribution < 1.29 is 20.1 Å². The standard InChI is InChI=1S/C12H16O4/c1-7(13)11(15)5-12-8-3-2-4-10(14)9(8)6-16-12/h2-4,7,11-15H,5-6H2,1H3/t7-,11+,12-/m0/s1. The van der Waals surface area contributed by atoms with Gasteiger partial charge in [-0.15, -0.1) is 0 Å². The molecule has 3 N–H and O–H groups in total. The Morgan fingerprint density at radius 1 is 1.44 bits per heavy atom. The van der Waals surface area contributed by atoms with Crippen molar-refractivity contribution in [1.82, 2.24) is 0 Å². The number of aliphatic hydroxyl groups is 2. The van der Waals surface area contributed by atoms with Crippen LogP contribution in [0.1, 0.15) is 30.6 Å². The normalized spacial score (nSPS) is 22.8. The zero-order valence-electron chi connectivity index (χ0n) is 9.13. The average molecular weight is 224 g/mol. The Labute approximate surface area is 94.1 Å². The molecule has 4 heteroatoms. The van der Waals surface area contributed by atoms with Crippen molar-refractivity contribution in [3.63, 3.8) is 0 Å². The van der Waals surface area contributed by atoms with E-state index in [1.165, 1.54) is 0 Å². The maximum absolute atomic E-state index is 9.60. The third-order valence-electron chi connectivity index (χ3n) is 2.98. The molecule has 0 amide bonds. The van der Waals surface area contributed by atoms with Gasteiger partial charge in [-0.25, -0.2) is 0 Å². The molecule has 0 bridgehead atoms. The van der Waals surface area contributed by atoms with E-state index in [0.29, 0.717) is 13.0 Å². The van der Waals surface area contributed by atoms with E-state index in [9.17, 15) is 15.3 Å². The van der Waals surface area contributed by atoms with Crippen LogP contribution in [0.15, 0.2) is 18.2 Å². The molecule has 0 fully saturated rings. The third kappa shape index (κ3) is 2.04. The summed E-state index contributed by atoms with van der Waals surface area (Å²) in [7, 11) is 0. The molecule has 0 unspecified atom stereocenters. The first-order chi connectivity index (χ1) is 7.59.